The zero-order valence-electron chi connectivity index (χ0n) is 16.8. The van der Waals surface area contributed by atoms with Gasteiger partial charge in [-0.2, -0.15) is 0 Å². The van der Waals surface area contributed by atoms with Gasteiger partial charge < -0.3 is 15.0 Å². The molecule has 1 N–H and O–H groups in total. The Morgan fingerprint density at radius 1 is 1.37 bits per heavy atom. The molecule has 1 aliphatic rings. The quantitative estimate of drug-likeness (QED) is 0.854. The van der Waals surface area contributed by atoms with Crippen LogP contribution in [0.3, 0.4) is 0 Å². The van der Waals surface area contributed by atoms with Crippen LogP contribution in [0, 0.1) is 5.82 Å². The van der Waals surface area contributed by atoms with Crippen molar-refractivity contribution in [2.24, 2.45) is 0 Å². The number of nitrogens with one attached hydrogen (secondary N) is 1. The van der Waals surface area contributed by atoms with Crippen molar-refractivity contribution in [3.05, 3.63) is 35.6 Å². The molecule has 0 spiro atoms. The zero-order chi connectivity index (χ0) is 20.2. The van der Waals surface area contributed by atoms with E-state index in [0.717, 1.165) is 12.0 Å². The van der Waals surface area contributed by atoms with Gasteiger partial charge >= 0.3 is 6.09 Å². The number of likely N-dealkylation sites (tertiary alicyclic amines) is 1. The number of hydrogen-bond donors (Lipinski definition) is 1. The Morgan fingerprint density at radius 3 is 2.67 bits per heavy atom. The average molecular weight is 379 g/mol. The van der Waals surface area contributed by atoms with Crippen LogP contribution >= 0.6 is 0 Å². The number of hydrogen-bond acceptors (Lipinski definition) is 4. The Bertz CT molecular complexity index is 673. The van der Waals surface area contributed by atoms with Gasteiger partial charge in [-0.15, -0.1) is 0 Å². The van der Waals surface area contributed by atoms with E-state index >= 15 is 0 Å². The highest BCUT2D eigenvalue weighted by atomic mass is 19.1. The van der Waals surface area contributed by atoms with Crippen molar-refractivity contribution in [3.8, 4) is 0 Å². The van der Waals surface area contributed by atoms with E-state index in [0.29, 0.717) is 19.5 Å². The van der Waals surface area contributed by atoms with Crippen molar-refractivity contribution in [1.82, 2.24) is 15.1 Å². The second-order valence-corrected chi connectivity index (χ2v) is 8.11. The van der Waals surface area contributed by atoms with E-state index in [-0.39, 0.29) is 17.8 Å². The number of rotatable bonds is 5. The van der Waals surface area contributed by atoms with Gasteiger partial charge in [0.1, 0.15) is 17.5 Å². The lowest BCUT2D eigenvalue weighted by atomic mass is 10.1. The Labute approximate surface area is 160 Å². The van der Waals surface area contributed by atoms with Gasteiger partial charge in [-0.1, -0.05) is 12.1 Å². The lowest BCUT2D eigenvalue weighted by Gasteiger charge is -2.29. The third-order valence-electron chi connectivity index (χ3n) is 4.51. The van der Waals surface area contributed by atoms with Gasteiger partial charge in [0, 0.05) is 13.1 Å². The maximum atomic E-state index is 13.5. The molecule has 1 aliphatic heterocycles. The molecule has 7 heteroatoms. The molecule has 2 amide bonds. The Hall–Kier alpha value is -2.15. The van der Waals surface area contributed by atoms with Gasteiger partial charge in [0.2, 0.25) is 5.91 Å². The molecule has 2 unspecified atom stereocenters. The van der Waals surface area contributed by atoms with E-state index < -0.39 is 17.7 Å². The van der Waals surface area contributed by atoms with Gasteiger partial charge in [0.05, 0.1) is 6.04 Å². The summed E-state index contributed by atoms with van der Waals surface area (Å²) < 4.78 is 19.0. The van der Waals surface area contributed by atoms with E-state index in [4.69, 9.17) is 4.74 Å². The SMILES string of the molecule is CN(C)C(CNC(=O)C1CCCN1C(=O)OC(C)(C)C)c1cccc(F)c1. The summed E-state index contributed by atoms with van der Waals surface area (Å²) in [6, 6.07) is 5.66. The molecule has 0 radical (unpaired) electrons. The summed E-state index contributed by atoms with van der Waals surface area (Å²) in [5.41, 5.74) is 0.185. The minimum absolute atomic E-state index is 0.166. The second kappa shape index (κ2) is 8.69. The van der Waals surface area contributed by atoms with Crippen LogP contribution in [0.25, 0.3) is 0 Å². The molecule has 0 bridgehead atoms. The molecule has 0 aliphatic carbocycles. The first-order valence-electron chi connectivity index (χ1n) is 9.27. The molecule has 2 rings (SSSR count). The number of likely N-dealkylation sites (N-methyl/N-ethyl adjacent to an activating group) is 1. The molecule has 27 heavy (non-hydrogen) atoms. The van der Waals surface area contributed by atoms with Crippen molar-refractivity contribution in [3.63, 3.8) is 0 Å². The van der Waals surface area contributed by atoms with E-state index in [1.807, 2.05) is 25.1 Å². The van der Waals surface area contributed by atoms with Gasteiger partial charge in [-0.3, -0.25) is 9.69 Å². The number of benzene rings is 1. The largest absolute Gasteiger partial charge is 0.444 e. The molecular weight excluding hydrogens is 349 g/mol. The van der Waals surface area contributed by atoms with E-state index in [1.165, 1.54) is 17.0 Å². The summed E-state index contributed by atoms with van der Waals surface area (Å²) in [6.07, 6.45) is 0.908. The molecule has 2 atom stereocenters. The summed E-state index contributed by atoms with van der Waals surface area (Å²) in [5, 5.41) is 2.92. The molecule has 0 saturated carbocycles. The average Bonchev–Trinajstić information content (AvgIpc) is 3.03. The number of nitrogens with zero attached hydrogens (tertiary/aromatic N) is 2. The van der Waals surface area contributed by atoms with Crippen LogP contribution in [-0.4, -0.2) is 60.6 Å². The van der Waals surface area contributed by atoms with Gasteiger partial charge in [-0.25, -0.2) is 9.18 Å². The van der Waals surface area contributed by atoms with E-state index in [2.05, 4.69) is 5.32 Å². The van der Waals surface area contributed by atoms with Crippen LogP contribution in [0.2, 0.25) is 0 Å². The number of carbonyl (C=O) groups is 2. The van der Waals surface area contributed by atoms with Crippen molar-refractivity contribution >= 4 is 12.0 Å². The predicted molar refractivity (Wildman–Crippen MR) is 102 cm³/mol. The highest BCUT2D eigenvalue weighted by Crippen LogP contribution is 2.22. The van der Waals surface area contributed by atoms with Crippen LogP contribution in [0.15, 0.2) is 24.3 Å². The van der Waals surface area contributed by atoms with Crippen molar-refractivity contribution in [2.75, 3.05) is 27.2 Å². The Kier molecular flexibility index (Phi) is 6.81. The first kappa shape index (κ1) is 21.2. The highest BCUT2D eigenvalue weighted by Gasteiger charge is 2.36. The number of halogens is 1. The fraction of sp³-hybridized carbons (Fsp3) is 0.600. The molecule has 0 aromatic heterocycles. The van der Waals surface area contributed by atoms with Crippen molar-refractivity contribution in [2.45, 2.75) is 51.3 Å². The lowest BCUT2D eigenvalue weighted by Crippen LogP contribution is -2.48. The maximum absolute atomic E-state index is 13.5. The Balaban J connectivity index is 2.01. The van der Waals surface area contributed by atoms with Crippen LogP contribution in [-0.2, 0) is 9.53 Å². The number of amides is 2. The van der Waals surface area contributed by atoms with Gasteiger partial charge in [-0.05, 0) is 65.4 Å². The molecule has 6 nitrogen and oxygen atoms in total. The summed E-state index contributed by atoms with van der Waals surface area (Å²) in [7, 11) is 3.76. The highest BCUT2D eigenvalue weighted by molar-refractivity contribution is 5.86. The van der Waals surface area contributed by atoms with Crippen molar-refractivity contribution in [1.29, 1.82) is 0 Å². The topological polar surface area (TPSA) is 61.9 Å². The lowest BCUT2D eigenvalue weighted by molar-refractivity contribution is -0.125. The van der Waals surface area contributed by atoms with Crippen LogP contribution < -0.4 is 5.32 Å². The summed E-state index contributed by atoms with van der Waals surface area (Å²) in [6.45, 7) is 6.24. The van der Waals surface area contributed by atoms with Crippen molar-refractivity contribution < 1.29 is 18.7 Å². The summed E-state index contributed by atoms with van der Waals surface area (Å²) >= 11 is 0. The molecule has 1 aromatic rings. The van der Waals surface area contributed by atoms with Crippen LogP contribution in [0.1, 0.15) is 45.2 Å². The van der Waals surface area contributed by atoms with Gasteiger partial charge in [0.15, 0.2) is 0 Å². The standard InChI is InChI=1S/C20H30FN3O3/c1-20(2,3)27-19(26)24-11-7-10-16(24)18(25)22-13-17(23(4)5)14-8-6-9-15(21)12-14/h6,8-9,12,16-17H,7,10-11,13H2,1-5H3,(H,22,25). The first-order valence-corrected chi connectivity index (χ1v) is 9.27. The number of carbonyl (C=O) groups excluding carboxylic acids is 2. The third-order valence-corrected chi connectivity index (χ3v) is 4.51. The normalized spacial score (nSPS) is 18.5. The van der Waals surface area contributed by atoms with E-state index in [9.17, 15) is 14.0 Å². The second-order valence-electron chi connectivity index (χ2n) is 8.11. The minimum Gasteiger partial charge on any atom is -0.444 e. The predicted octanol–water partition coefficient (Wildman–Crippen LogP) is 2.94. The molecule has 150 valence electrons. The summed E-state index contributed by atoms with van der Waals surface area (Å²) in [5.74, 6) is -0.515. The molecule has 1 heterocycles. The van der Waals surface area contributed by atoms with Crippen LogP contribution in [0.4, 0.5) is 9.18 Å². The molecule has 1 aromatic carbocycles. The molecular formula is C20H30FN3O3. The molecule has 1 fully saturated rings. The maximum Gasteiger partial charge on any atom is 0.410 e. The first-order chi connectivity index (χ1) is 12.6. The Morgan fingerprint density at radius 2 is 2.07 bits per heavy atom. The van der Waals surface area contributed by atoms with Crippen LogP contribution in [0.5, 0.6) is 0 Å². The fourth-order valence-electron chi connectivity index (χ4n) is 3.21. The minimum atomic E-state index is -0.603. The van der Waals surface area contributed by atoms with E-state index in [1.54, 1.807) is 26.8 Å². The summed E-state index contributed by atoms with van der Waals surface area (Å²) in [4.78, 5) is 28.5. The molecule has 1 saturated heterocycles. The number of ether oxygens (including phenoxy) is 1. The zero-order valence-corrected chi connectivity index (χ0v) is 16.8. The third kappa shape index (κ3) is 5.92. The van der Waals surface area contributed by atoms with Gasteiger partial charge in [0.25, 0.3) is 0 Å². The fourth-order valence-corrected chi connectivity index (χ4v) is 3.21. The smallest absolute Gasteiger partial charge is 0.410 e. The monoisotopic (exact) mass is 379 g/mol.